The molecule has 4 rings (SSSR count). The third kappa shape index (κ3) is 5.56. The molecule has 1 saturated heterocycles. The molecular weight excluding hydrogens is 470 g/mol. The number of aryl methyl sites for hydroxylation is 1. The Morgan fingerprint density at radius 2 is 2.00 bits per heavy atom. The second-order valence-corrected chi connectivity index (χ2v) is 9.73. The van der Waals surface area contributed by atoms with E-state index in [0.29, 0.717) is 12.0 Å². The second-order valence-electron chi connectivity index (χ2n) is 7.49. The van der Waals surface area contributed by atoms with Crippen molar-refractivity contribution in [1.29, 1.82) is 0 Å². The van der Waals surface area contributed by atoms with Gasteiger partial charge in [0.2, 0.25) is 5.91 Å². The molecule has 0 saturated carbocycles. The molecular formula is C23H20F2N2O4S2. The van der Waals surface area contributed by atoms with E-state index in [2.05, 4.69) is 16.1 Å². The van der Waals surface area contributed by atoms with Crippen molar-refractivity contribution in [2.45, 2.75) is 30.1 Å². The lowest BCUT2D eigenvalue weighted by atomic mass is 10.1. The van der Waals surface area contributed by atoms with Crippen LogP contribution in [0.1, 0.15) is 16.7 Å². The number of thioether (sulfide) groups is 2. The Morgan fingerprint density at radius 1 is 1.24 bits per heavy atom. The quantitative estimate of drug-likeness (QED) is 0.578. The number of fused-ring (bicyclic) bond motifs is 1. The van der Waals surface area contributed by atoms with Crippen LogP contribution in [0.3, 0.4) is 0 Å². The fourth-order valence-electron chi connectivity index (χ4n) is 3.48. The van der Waals surface area contributed by atoms with E-state index in [9.17, 15) is 23.2 Å². The maximum absolute atomic E-state index is 12.6. The lowest BCUT2D eigenvalue weighted by Gasteiger charge is -2.14. The van der Waals surface area contributed by atoms with E-state index < -0.39 is 17.8 Å². The van der Waals surface area contributed by atoms with Crippen LogP contribution in [0.4, 0.5) is 13.6 Å². The minimum absolute atomic E-state index is 0.00431. The summed E-state index contributed by atoms with van der Waals surface area (Å²) in [5, 5.41) is 2.17. The summed E-state index contributed by atoms with van der Waals surface area (Å²) < 4.78 is 28.8. The van der Waals surface area contributed by atoms with Crippen molar-refractivity contribution in [1.82, 2.24) is 10.2 Å². The largest absolute Gasteiger partial charge is 0.435 e. The smallest absolute Gasteiger partial charge is 0.387 e. The van der Waals surface area contributed by atoms with E-state index in [4.69, 9.17) is 0 Å². The van der Waals surface area contributed by atoms with Gasteiger partial charge < -0.3 is 10.1 Å². The number of amides is 3. The molecule has 6 nitrogen and oxygen atoms in total. The van der Waals surface area contributed by atoms with Gasteiger partial charge in [0.15, 0.2) is 0 Å². The van der Waals surface area contributed by atoms with Crippen molar-refractivity contribution < 1.29 is 27.9 Å². The van der Waals surface area contributed by atoms with E-state index in [1.165, 1.54) is 42.1 Å². The molecule has 2 aliphatic heterocycles. The number of hydrogen-bond donors (Lipinski definition) is 1. The predicted molar refractivity (Wildman–Crippen MR) is 123 cm³/mol. The van der Waals surface area contributed by atoms with E-state index in [0.717, 1.165) is 32.7 Å². The Balaban J connectivity index is 1.29. The van der Waals surface area contributed by atoms with Crippen LogP contribution in [0, 0.1) is 6.92 Å². The van der Waals surface area contributed by atoms with Crippen LogP contribution in [-0.2, 0) is 16.0 Å². The number of benzene rings is 2. The van der Waals surface area contributed by atoms with Gasteiger partial charge in [-0.05, 0) is 60.5 Å². The van der Waals surface area contributed by atoms with Gasteiger partial charge in [0, 0.05) is 18.0 Å². The van der Waals surface area contributed by atoms with E-state index >= 15 is 0 Å². The molecule has 0 aromatic heterocycles. The number of nitrogens with one attached hydrogen (secondary N) is 1. The van der Waals surface area contributed by atoms with Gasteiger partial charge in [-0.1, -0.05) is 29.8 Å². The molecule has 0 aliphatic carbocycles. The Labute approximate surface area is 197 Å². The zero-order valence-corrected chi connectivity index (χ0v) is 19.2. The monoisotopic (exact) mass is 490 g/mol. The molecule has 0 bridgehead atoms. The van der Waals surface area contributed by atoms with Crippen LogP contribution >= 0.6 is 23.5 Å². The first-order valence-electron chi connectivity index (χ1n) is 10.1. The zero-order valence-electron chi connectivity index (χ0n) is 17.5. The summed E-state index contributed by atoms with van der Waals surface area (Å²) >= 11 is 2.32. The average molecular weight is 491 g/mol. The van der Waals surface area contributed by atoms with E-state index in [-0.39, 0.29) is 34.9 Å². The summed E-state index contributed by atoms with van der Waals surface area (Å²) in [7, 11) is 0. The van der Waals surface area contributed by atoms with Gasteiger partial charge in [-0.15, -0.1) is 11.8 Å². The molecule has 1 unspecified atom stereocenters. The third-order valence-electron chi connectivity index (χ3n) is 5.10. The van der Waals surface area contributed by atoms with E-state index in [1.54, 1.807) is 0 Å². The number of carbonyl (C=O) groups is 3. The minimum atomic E-state index is -2.92. The van der Waals surface area contributed by atoms with Crippen LogP contribution < -0.4 is 10.1 Å². The van der Waals surface area contributed by atoms with Gasteiger partial charge in [0.25, 0.3) is 11.1 Å². The van der Waals surface area contributed by atoms with E-state index in [1.807, 2.05) is 19.1 Å². The molecule has 10 heteroatoms. The van der Waals surface area contributed by atoms with Crippen molar-refractivity contribution in [2.24, 2.45) is 0 Å². The number of imide groups is 1. The summed E-state index contributed by atoms with van der Waals surface area (Å²) in [4.78, 5) is 39.9. The molecule has 2 aliphatic rings. The molecule has 172 valence electrons. The van der Waals surface area contributed by atoms with Crippen molar-refractivity contribution in [3.8, 4) is 5.75 Å². The number of rotatable bonds is 7. The first-order chi connectivity index (χ1) is 15.8. The number of alkyl halides is 2. The van der Waals surface area contributed by atoms with Crippen LogP contribution in [0.25, 0.3) is 6.08 Å². The average Bonchev–Trinajstić information content (AvgIpc) is 3.30. The fourth-order valence-corrected chi connectivity index (χ4v) is 5.66. The zero-order chi connectivity index (χ0) is 23.5. The second kappa shape index (κ2) is 9.96. The summed E-state index contributed by atoms with van der Waals surface area (Å²) in [6, 6.07) is 11.9. The number of carbonyl (C=O) groups excluding carboxylic acids is 3. The highest BCUT2D eigenvalue weighted by Crippen LogP contribution is 2.37. The van der Waals surface area contributed by atoms with Crippen molar-refractivity contribution >= 4 is 46.7 Å². The highest BCUT2D eigenvalue weighted by Gasteiger charge is 2.35. The number of halogens is 2. The molecule has 33 heavy (non-hydrogen) atoms. The number of nitrogens with zero attached hydrogens (tertiary/aromatic N) is 1. The molecule has 0 radical (unpaired) electrons. The summed E-state index contributed by atoms with van der Waals surface area (Å²) in [6.07, 6.45) is 2.17. The van der Waals surface area contributed by atoms with Crippen LogP contribution in [-0.4, -0.2) is 46.9 Å². The lowest BCUT2D eigenvalue weighted by Crippen LogP contribution is -2.40. The molecule has 0 spiro atoms. The Morgan fingerprint density at radius 3 is 2.73 bits per heavy atom. The first kappa shape index (κ1) is 23.3. The lowest BCUT2D eigenvalue weighted by molar-refractivity contribution is -0.124. The SMILES string of the molecule is Cc1ccc2c(c1)SC(C(=O)NCCN1C(=O)S/C(=C\c3ccc(OC(F)F)cc3)C1=O)C2. The van der Waals surface area contributed by atoms with Crippen molar-refractivity contribution in [3.63, 3.8) is 0 Å². The Hall–Kier alpha value is -2.85. The molecule has 2 aromatic carbocycles. The molecule has 2 aromatic rings. The third-order valence-corrected chi connectivity index (χ3v) is 7.31. The molecule has 3 amide bonds. The molecule has 1 atom stereocenters. The molecule has 2 heterocycles. The van der Waals surface area contributed by atoms with Crippen LogP contribution in [0.15, 0.2) is 52.3 Å². The number of hydrogen-bond acceptors (Lipinski definition) is 6. The van der Waals surface area contributed by atoms with Crippen molar-refractivity contribution in [3.05, 3.63) is 64.1 Å². The van der Waals surface area contributed by atoms with Gasteiger partial charge in [-0.2, -0.15) is 8.78 Å². The Kier molecular flexibility index (Phi) is 7.04. The van der Waals surface area contributed by atoms with Gasteiger partial charge in [-0.3, -0.25) is 19.3 Å². The normalized spacial score (nSPS) is 18.8. The summed E-state index contributed by atoms with van der Waals surface area (Å²) in [5.74, 6) is -0.572. The number of ether oxygens (including phenoxy) is 1. The summed E-state index contributed by atoms with van der Waals surface area (Å²) in [5.41, 5.74) is 2.87. The van der Waals surface area contributed by atoms with Gasteiger partial charge in [-0.25, -0.2) is 0 Å². The highest BCUT2D eigenvalue weighted by atomic mass is 32.2. The molecule has 1 N–H and O–H groups in total. The maximum Gasteiger partial charge on any atom is 0.387 e. The van der Waals surface area contributed by atoms with Crippen LogP contribution in [0.2, 0.25) is 0 Å². The standard InChI is InChI=1S/C23H20F2N2O4S2/c1-13-2-5-15-12-18(32-17(15)10-13)20(28)26-8-9-27-21(29)19(33-23(27)30)11-14-3-6-16(7-4-14)31-22(24)25/h2-7,10-11,18,22H,8-9,12H2,1H3,(H,26,28)/b19-11-. The predicted octanol–water partition coefficient (Wildman–Crippen LogP) is 4.47. The van der Waals surface area contributed by atoms with Gasteiger partial charge >= 0.3 is 6.61 Å². The van der Waals surface area contributed by atoms with Crippen molar-refractivity contribution in [2.75, 3.05) is 13.1 Å². The van der Waals surface area contributed by atoms with Crippen LogP contribution in [0.5, 0.6) is 5.75 Å². The fraction of sp³-hybridized carbons (Fsp3) is 0.261. The Bertz CT molecular complexity index is 1120. The highest BCUT2D eigenvalue weighted by molar-refractivity contribution is 8.18. The molecule has 1 fully saturated rings. The summed E-state index contributed by atoms with van der Waals surface area (Å²) in [6.45, 7) is -0.676. The topological polar surface area (TPSA) is 75.7 Å². The minimum Gasteiger partial charge on any atom is -0.435 e. The first-order valence-corrected chi connectivity index (χ1v) is 11.8. The van der Waals surface area contributed by atoms with Gasteiger partial charge in [0.1, 0.15) is 5.75 Å². The maximum atomic E-state index is 12.6. The van der Waals surface area contributed by atoms with Gasteiger partial charge in [0.05, 0.1) is 10.2 Å².